The van der Waals surface area contributed by atoms with E-state index in [4.69, 9.17) is 15.4 Å². The van der Waals surface area contributed by atoms with Crippen LogP contribution in [0.2, 0.25) is 0 Å². The summed E-state index contributed by atoms with van der Waals surface area (Å²) in [6.45, 7) is 4.49. The highest BCUT2D eigenvalue weighted by Gasteiger charge is 2.04. The summed E-state index contributed by atoms with van der Waals surface area (Å²) in [4.78, 5) is 15.0. The minimum Gasteiger partial charge on any atom is -0.493 e. The van der Waals surface area contributed by atoms with E-state index in [0.29, 0.717) is 18.1 Å². The molecule has 0 radical (unpaired) electrons. The van der Waals surface area contributed by atoms with Gasteiger partial charge in [-0.2, -0.15) is 5.90 Å². The van der Waals surface area contributed by atoms with Crippen LogP contribution in [0.3, 0.4) is 0 Å². The van der Waals surface area contributed by atoms with Gasteiger partial charge in [-0.25, -0.2) is 4.79 Å². The minimum atomic E-state index is -0.618. The van der Waals surface area contributed by atoms with Crippen LogP contribution in [0.15, 0.2) is 35.9 Å². The first-order chi connectivity index (χ1) is 9.56. The smallest absolute Gasteiger partial charge is 0.349 e. The zero-order chi connectivity index (χ0) is 15.0. The Hall–Kier alpha value is -2.27. The molecular weight excluding hydrogens is 258 g/mol. The van der Waals surface area contributed by atoms with Gasteiger partial charge in [0.15, 0.2) is 11.5 Å². The summed E-state index contributed by atoms with van der Waals surface area (Å²) in [5, 5.41) is 0. The summed E-state index contributed by atoms with van der Waals surface area (Å²) in [7, 11) is 1.56. The Morgan fingerprint density at radius 2 is 2.05 bits per heavy atom. The van der Waals surface area contributed by atoms with E-state index in [0.717, 1.165) is 5.56 Å². The van der Waals surface area contributed by atoms with E-state index in [-0.39, 0.29) is 0 Å². The van der Waals surface area contributed by atoms with Crippen molar-refractivity contribution in [3.05, 3.63) is 41.5 Å². The van der Waals surface area contributed by atoms with Gasteiger partial charge < -0.3 is 14.3 Å². The molecule has 0 saturated heterocycles. The third-order valence-corrected chi connectivity index (χ3v) is 2.45. The number of hydrogen-bond donors (Lipinski definition) is 1. The lowest BCUT2D eigenvalue weighted by Gasteiger charge is -2.10. The first kappa shape index (κ1) is 15.8. The van der Waals surface area contributed by atoms with E-state index in [1.54, 1.807) is 31.4 Å². The van der Waals surface area contributed by atoms with Crippen LogP contribution in [-0.4, -0.2) is 19.7 Å². The van der Waals surface area contributed by atoms with E-state index < -0.39 is 5.97 Å². The molecule has 20 heavy (non-hydrogen) atoms. The molecule has 0 spiro atoms. The van der Waals surface area contributed by atoms with E-state index in [9.17, 15) is 4.79 Å². The monoisotopic (exact) mass is 277 g/mol. The van der Waals surface area contributed by atoms with Crippen LogP contribution in [0.1, 0.15) is 19.4 Å². The number of hydrogen-bond acceptors (Lipinski definition) is 5. The Labute approximate surface area is 118 Å². The SMILES string of the molecule is COc1cc(/C=C/C(=O)ON)ccc1OCC=C(C)C. The third-order valence-electron chi connectivity index (χ3n) is 2.45. The number of ether oxygens (including phenoxy) is 2. The molecule has 0 aliphatic rings. The molecule has 0 saturated carbocycles. The molecule has 1 aromatic rings. The fraction of sp³-hybridized carbons (Fsp3) is 0.267. The summed E-state index contributed by atoms with van der Waals surface area (Å²) in [6, 6.07) is 5.35. The number of carbonyl (C=O) groups is 1. The summed E-state index contributed by atoms with van der Waals surface area (Å²) in [6.07, 6.45) is 4.79. The molecule has 0 aliphatic carbocycles. The van der Waals surface area contributed by atoms with Crippen molar-refractivity contribution in [1.82, 2.24) is 0 Å². The maximum Gasteiger partial charge on any atom is 0.349 e. The van der Waals surface area contributed by atoms with Gasteiger partial charge in [0.05, 0.1) is 7.11 Å². The molecule has 0 bridgehead atoms. The molecule has 0 atom stereocenters. The standard InChI is InChI=1S/C15H19NO4/c1-11(2)8-9-19-13-6-4-12(10-14(13)18-3)5-7-15(17)20-16/h4-8,10H,9,16H2,1-3H3/b7-5+. The molecule has 0 aromatic heterocycles. The summed E-state index contributed by atoms with van der Waals surface area (Å²) in [5.41, 5.74) is 1.96. The molecule has 1 rings (SSSR count). The van der Waals surface area contributed by atoms with Gasteiger partial charge in [0.25, 0.3) is 0 Å². The average Bonchev–Trinajstić information content (AvgIpc) is 2.45. The van der Waals surface area contributed by atoms with E-state index >= 15 is 0 Å². The molecule has 0 aliphatic heterocycles. The van der Waals surface area contributed by atoms with Crippen LogP contribution in [0.5, 0.6) is 11.5 Å². The first-order valence-corrected chi connectivity index (χ1v) is 6.09. The zero-order valence-electron chi connectivity index (χ0n) is 11.9. The molecule has 1 aromatic carbocycles. The van der Waals surface area contributed by atoms with Crippen LogP contribution < -0.4 is 15.4 Å². The number of benzene rings is 1. The average molecular weight is 277 g/mol. The highest BCUT2D eigenvalue weighted by atomic mass is 16.7. The van der Waals surface area contributed by atoms with Crippen LogP contribution in [-0.2, 0) is 9.63 Å². The van der Waals surface area contributed by atoms with E-state index in [2.05, 4.69) is 4.84 Å². The second kappa shape index (κ2) is 8.01. The van der Waals surface area contributed by atoms with Gasteiger partial charge in [0.1, 0.15) is 6.61 Å². The Bertz CT molecular complexity index is 517. The predicted octanol–water partition coefficient (Wildman–Crippen LogP) is 2.47. The molecule has 108 valence electrons. The molecule has 5 heteroatoms. The van der Waals surface area contributed by atoms with Crippen molar-refractivity contribution in [1.29, 1.82) is 0 Å². The van der Waals surface area contributed by atoms with Gasteiger partial charge in [0, 0.05) is 6.08 Å². The second-order valence-corrected chi connectivity index (χ2v) is 4.27. The van der Waals surface area contributed by atoms with Gasteiger partial charge >= 0.3 is 5.97 Å². The third kappa shape index (κ3) is 5.16. The van der Waals surface area contributed by atoms with Crippen LogP contribution >= 0.6 is 0 Å². The molecule has 0 fully saturated rings. The van der Waals surface area contributed by atoms with Gasteiger partial charge in [-0.15, -0.1) is 0 Å². The lowest BCUT2D eigenvalue weighted by molar-refractivity contribution is -0.138. The van der Waals surface area contributed by atoms with Crippen molar-refractivity contribution in [2.24, 2.45) is 5.90 Å². The fourth-order valence-electron chi connectivity index (χ4n) is 1.41. The van der Waals surface area contributed by atoms with E-state index in [1.807, 2.05) is 19.9 Å². The van der Waals surface area contributed by atoms with Crippen molar-refractivity contribution in [2.45, 2.75) is 13.8 Å². The normalized spacial score (nSPS) is 10.2. The lowest BCUT2D eigenvalue weighted by Crippen LogP contribution is -2.05. The van der Waals surface area contributed by atoms with Gasteiger partial charge in [-0.05, 0) is 43.7 Å². The maximum atomic E-state index is 10.9. The minimum absolute atomic E-state index is 0.480. The molecule has 5 nitrogen and oxygen atoms in total. The zero-order valence-corrected chi connectivity index (χ0v) is 11.9. The summed E-state index contributed by atoms with van der Waals surface area (Å²) < 4.78 is 10.9. The number of methoxy groups -OCH3 is 1. The number of allylic oxidation sites excluding steroid dienone is 1. The van der Waals surface area contributed by atoms with Crippen molar-refractivity contribution in [3.63, 3.8) is 0 Å². The van der Waals surface area contributed by atoms with Crippen molar-refractivity contribution in [2.75, 3.05) is 13.7 Å². The Kier molecular flexibility index (Phi) is 6.32. The van der Waals surface area contributed by atoms with Crippen LogP contribution in [0.25, 0.3) is 6.08 Å². The number of nitrogens with two attached hydrogens (primary N) is 1. The quantitative estimate of drug-likeness (QED) is 0.491. The second-order valence-electron chi connectivity index (χ2n) is 4.27. The predicted molar refractivity (Wildman–Crippen MR) is 77.2 cm³/mol. The lowest BCUT2D eigenvalue weighted by atomic mass is 10.2. The topological polar surface area (TPSA) is 70.8 Å². The van der Waals surface area contributed by atoms with Crippen LogP contribution in [0, 0.1) is 0 Å². The van der Waals surface area contributed by atoms with Crippen molar-refractivity contribution >= 4 is 12.0 Å². The molecule has 0 amide bonds. The Morgan fingerprint density at radius 1 is 1.30 bits per heavy atom. The number of carbonyl (C=O) groups excluding carboxylic acids is 1. The molecular formula is C15H19NO4. The Balaban J connectivity index is 2.82. The summed E-state index contributed by atoms with van der Waals surface area (Å²) >= 11 is 0. The molecule has 2 N–H and O–H groups in total. The van der Waals surface area contributed by atoms with Crippen molar-refractivity contribution < 1.29 is 19.1 Å². The van der Waals surface area contributed by atoms with Crippen LogP contribution in [0.4, 0.5) is 0 Å². The van der Waals surface area contributed by atoms with Gasteiger partial charge in [0.2, 0.25) is 0 Å². The van der Waals surface area contributed by atoms with Gasteiger partial charge in [-0.1, -0.05) is 11.6 Å². The maximum absolute atomic E-state index is 10.9. The van der Waals surface area contributed by atoms with E-state index in [1.165, 1.54) is 11.6 Å². The molecule has 0 unspecified atom stereocenters. The molecule has 0 heterocycles. The first-order valence-electron chi connectivity index (χ1n) is 6.09. The Morgan fingerprint density at radius 3 is 2.65 bits per heavy atom. The largest absolute Gasteiger partial charge is 0.493 e. The highest BCUT2D eigenvalue weighted by molar-refractivity contribution is 5.86. The highest BCUT2D eigenvalue weighted by Crippen LogP contribution is 2.28. The summed E-state index contributed by atoms with van der Waals surface area (Å²) in [5.74, 6) is 5.36. The van der Waals surface area contributed by atoms with Gasteiger partial charge in [-0.3, -0.25) is 0 Å². The fourth-order valence-corrected chi connectivity index (χ4v) is 1.41. The van der Waals surface area contributed by atoms with Crippen molar-refractivity contribution in [3.8, 4) is 11.5 Å². The number of rotatable bonds is 6.